The van der Waals surface area contributed by atoms with E-state index in [1.165, 1.54) is 12.0 Å². The van der Waals surface area contributed by atoms with Crippen LogP contribution < -0.4 is 16.0 Å². The van der Waals surface area contributed by atoms with E-state index in [1.807, 2.05) is 0 Å². The topological polar surface area (TPSA) is 142 Å². The quantitative estimate of drug-likeness (QED) is 0.162. The predicted octanol–water partition coefficient (Wildman–Crippen LogP) is 2.97. The molecule has 0 bridgehead atoms. The minimum absolute atomic E-state index is 0.0418. The van der Waals surface area contributed by atoms with Crippen LogP contribution in [0.25, 0.3) is 0 Å². The molecule has 0 fully saturated rings. The average molecular weight is 496 g/mol. The summed E-state index contributed by atoms with van der Waals surface area (Å²) in [7, 11) is 1.33. The summed E-state index contributed by atoms with van der Waals surface area (Å²) >= 11 is 0. The molecule has 0 radical (unpaired) electrons. The second-order valence-electron chi connectivity index (χ2n) is 8.79. The van der Waals surface area contributed by atoms with Gasteiger partial charge in [-0.2, -0.15) is 0 Å². The molecular weight excluding hydrogens is 462 g/mol. The van der Waals surface area contributed by atoms with Crippen LogP contribution in [0.5, 0.6) is 0 Å². The first-order valence-corrected chi connectivity index (χ1v) is 11.9. The van der Waals surface area contributed by atoms with Crippen molar-refractivity contribution >= 4 is 34.8 Å². The zero-order valence-corrected chi connectivity index (χ0v) is 20.6. The Morgan fingerprint density at radius 2 is 1.92 bits per heavy atom. The number of hydrogen-bond donors (Lipinski definition) is 4. The second-order valence-corrected chi connectivity index (χ2v) is 8.79. The fraction of sp³-hybridized carbons (Fsp3) is 0.370. The van der Waals surface area contributed by atoms with E-state index in [0.717, 1.165) is 0 Å². The molecule has 2 atom stereocenters. The predicted molar refractivity (Wildman–Crippen MR) is 137 cm³/mol. The highest BCUT2D eigenvalue weighted by Crippen LogP contribution is 2.46. The van der Waals surface area contributed by atoms with E-state index < -0.39 is 17.4 Å². The Kier molecular flexibility index (Phi) is 8.84. The summed E-state index contributed by atoms with van der Waals surface area (Å²) in [6.07, 6.45) is 5.15. The Morgan fingerprint density at radius 1 is 1.19 bits per heavy atom. The highest BCUT2D eigenvalue weighted by Gasteiger charge is 2.52. The number of ether oxygens (including phenoxy) is 1. The highest BCUT2D eigenvalue weighted by molar-refractivity contribution is 6.09. The van der Waals surface area contributed by atoms with Crippen molar-refractivity contribution in [2.24, 2.45) is 5.92 Å². The number of nitrogen functional groups attached to an aromatic ring is 1. The fourth-order valence-corrected chi connectivity index (χ4v) is 4.24. The number of anilines is 3. The Hall–Kier alpha value is -3.69. The first kappa shape index (κ1) is 26.9. The van der Waals surface area contributed by atoms with Crippen LogP contribution >= 0.6 is 0 Å². The van der Waals surface area contributed by atoms with E-state index in [2.05, 4.69) is 10.1 Å². The van der Waals surface area contributed by atoms with Gasteiger partial charge in [-0.1, -0.05) is 19.1 Å². The summed E-state index contributed by atoms with van der Waals surface area (Å²) in [5.74, 6) is -1.74. The van der Waals surface area contributed by atoms with Crippen LogP contribution in [0.4, 0.5) is 17.1 Å². The number of methoxy groups -OCH3 is 1. The summed E-state index contributed by atoms with van der Waals surface area (Å²) in [5, 5.41) is 23.6. The molecule has 1 aliphatic rings. The average Bonchev–Trinajstić information content (AvgIpc) is 3.09. The largest absolute Gasteiger partial charge is 0.469 e. The number of hydrogen-bond acceptors (Lipinski definition) is 7. The van der Waals surface area contributed by atoms with Crippen molar-refractivity contribution in [1.82, 2.24) is 0 Å². The van der Waals surface area contributed by atoms with Gasteiger partial charge in [-0.05, 0) is 61.7 Å². The van der Waals surface area contributed by atoms with Crippen LogP contribution in [0.15, 0.2) is 54.6 Å². The van der Waals surface area contributed by atoms with Crippen LogP contribution in [-0.4, -0.2) is 48.3 Å². The van der Waals surface area contributed by atoms with Gasteiger partial charge < -0.3 is 30.9 Å². The molecule has 1 aliphatic heterocycles. The van der Waals surface area contributed by atoms with Crippen LogP contribution in [0.3, 0.4) is 0 Å². The van der Waals surface area contributed by atoms with E-state index in [9.17, 15) is 19.5 Å². The van der Waals surface area contributed by atoms with Crippen LogP contribution in [0.1, 0.15) is 48.5 Å². The third-order valence-electron chi connectivity index (χ3n) is 6.32. The number of unbranched alkanes of at least 4 members (excludes halogenated alkanes) is 1. The first-order chi connectivity index (χ1) is 17.2. The maximum absolute atomic E-state index is 13.5. The number of carbonyl (C=O) groups is 3. The van der Waals surface area contributed by atoms with Gasteiger partial charge in [-0.15, -0.1) is 0 Å². The third kappa shape index (κ3) is 5.75. The maximum Gasteiger partial charge on any atom is 0.305 e. The lowest BCUT2D eigenvalue weighted by molar-refractivity contribution is -0.140. The zero-order chi connectivity index (χ0) is 26.3. The third-order valence-corrected chi connectivity index (χ3v) is 6.32. The minimum Gasteiger partial charge on any atom is -0.469 e. The monoisotopic (exact) mass is 495 g/mol. The van der Waals surface area contributed by atoms with E-state index in [0.29, 0.717) is 54.0 Å². The molecular formula is C27H33N3O6. The molecule has 0 saturated carbocycles. The molecule has 9 heteroatoms. The van der Waals surface area contributed by atoms with Gasteiger partial charge in [0.25, 0.3) is 11.8 Å². The summed E-state index contributed by atoms with van der Waals surface area (Å²) in [5.41, 5.74) is 6.17. The van der Waals surface area contributed by atoms with E-state index >= 15 is 0 Å². The minimum atomic E-state index is -1.86. The standard InChI is InChI=1S/C27H33N3O6/c1-18(7-4-6-16-31)27(35)22-17-21(29-25(33)19-9-11-20(28)12-10-19)13-14-23(22)30(26(27)34)15-5-3-8-24(32)36-2/h4,7,9-14,17-18,31,35H,3,5-6,8,15-16,28H2,1-2H3,(H,29,33)/b7-4+/t18-,27+/m1/s1. The van der Waals surface area contributed by atoms with Gasteiger partial charge in [0, 0.05) is 48.0 Å². The lowest BCUT2D eigenvalue weighted by Gasteiger charge is -2.28. The smallest absolute Gasteiger partial charge is 0.305 e. The fourth-order valence-electron chi connectivity index (χ4n) is 4.24. The Balaban J connectivity index is 1.89. The zero-order valence-electron chi connectivity index (χ0n) is 20.6. The number of aliphatic hydroxyl groups excluding tert-OH is 1. The Bertz CT molecular complexity index is 1130. The van der Waals surface area contributed by atoms with Gasteiger partial charge in [0.15, 0.2) is 5.60 Å². The number of aliphatic hydroxyl groups is 2. The van der Waals surface area contributed by atoms with Gasteiger partial charge in [-0.3, -0.25) is 14.4 Å². The molecule has 1 heterocycles. The van der Waals surface area contributed by atoms with Crippen LogP contribution in [-0.2, 0) is 19.9 Å². The van der Waals surface area contributed by atoms with Crippen molar-refractivity contribution in [2.75, 3.05) is 36.2 Å². The summed E-state index contributed by atoms with van der Waals surface area (Å²) in [4.78, 5) is 39.2. The molecule has 192 valence electrons. The van der Waals surface area contributed by atoms with Crippen molar-refractivity contribution in [2.45, 2.75) is 38.2 Å². The lowest BCUT2D eigenvalue weighted by atomic mass is 9.82. The summed E-state index contributed by atoms with van der Waals surface area (Å²) < 4.78 is 4.67. The van der Waals surface area contributed by atoms with Crippen molar-refractivity contribution in [3.05, 3.63) is 65.7 Å². The lowest BCUT2D eigenvalue weighted by Crippen LogP contribution is -2.44. The van der Waals surface area contributed by atoms with Crippen molar-refractivity contribution < 1.29 is 29.3 Å². The van der Waals surface area contributed by atoms with Crippen molar-refractivity contribution in [3.63, 3.8) is 0 Å². The molecule has 2 amide bonds. The maximum atomic E-state index is 13.5. The molecule has 9 nitrogen and oxygen atoms in total. The molecule has 0 aromatic heterocycles. The summed E-state index contributed by atoms with van der Waals surface area (Å²) in [6.45, 7) is 2.01. The molecule has 0 spiro atoms. The van der Waals surface area contributed by atoms with Gasteiger partial charge in [0.2, 0.25) is 0 Å². The number of rotatable bonds is 11. The van der Waals surface area contributed by atoms with E-state index in [-0.39, 0.29) is 24.9 Å². The van der Waals surface area contributed by atoms with Crippen LogP contribution in [0.2, 0.25) is 0 Å². The number of carbonyl (C=O) groups excluding carboxylic acids is 3. The SMILES string of the molecule is COC(=O)CCCCN1C(=O)[C@](O)([C@H](C)/C=C/CCO)c2cc(NC(=O)c3ccc(N)cc3)ccc21. The van der Waals surface area contributed by atoms with E-state index in [4.69, 9.17) is 10.8 Å². The molecule has 5 N–H and O–H groups in total. The highest BCUT2D eigenvalue weighted by atomic mass is 16.5. The Labute approximate surface area is 210 Å². The number of nitrogens with two attached hydrogens (primary N) is 1. The van der Waals surface area contributed by atoms with Crippen molar-refractivity contribution in [1.29, 1.82) is 0 Å². The number of nitrogens with zero attached hydrogens (tertiary/aromatic N) is 1. The number of nitrogens with one attached hydrogen (secondary N) is 1. The summed E-state index contributed by atoms with van der Waals surface area (Å²) in [6, 6.07) is 11.5. The molecule has 2 aromatic rings. The number of fused-ring (bicyclic) bond motifs is 1. The van der Waals surface area contributed by atoms with Gasteiger partial charge in [-0.25, -0.2) is 0 Å². The molecule has 0 aliphatic carbocycles. The van der Waals surface area contributed by atoms with E-state index in [1.54, 1.807) is 61.5 Å². The van der Waals surface area contributed by atoms with Gasteiger partial charge >= 0.3 is 5.97 Å². The molecule has 0 unspecified atom stereocenters. The van der Waals surface area contributed by atoms with Gasteiger partial charge in [0.05, 0.1) is 12.8 Å². The normalized spacial score (nSPS) is 17.8. The number of esters is 1. The number of benzene rings is 2. The molecule has 36 heavy (non-hydrogen) atoms. The van der Waals surface area contributed by atoms with Gasteiger partial charge in [0.1, 0.15) is 0 Å². The van der Waals surface area contributed by atoms with Crippen molar-refractivity contribution in [3.8, 4) is 0 Å². The molecule has 0 saturated heterocycles. The first-order valence-electron chi connectivity index (χ1n) is 11.9. The molecule has 2 aromatic carbocycles. The Morgan fingerprint density at radius 3 is 2.58 bits per heavy atom. The second kappa shape index (κ2) is 11.8. The van der Waals surface area contributed by atoms with Crippen LogP contribution in [0, 0.1) is 5.92 Å². The molecule has 3 rings (SSSR count). The number of amides is 2.